The maximum Gasteiger partial charge on any atom is 0.129 e. The van der Waals surface area contributed by atoms with Crippen molar-refractivity contribution in [3.8, 4) is 0 Å². The van der Waals surface area contributed by atoms with Gasteiger partial charge < -0.3 is 5.73 Å². The quantitative estimate of drug-likeness (QED) is 0.637. The van der Waals surface area contributed by atoms with Crippen LogP contribution >= 0.6 is 15.9 Å². The third-order valence-corrected chi connectivity index (χ3v) is 2.78. The number of hydrogen-bond donors (Lipinski definition) is 1. The van der Waals surface area contributed by atoms with Gasteiger partial charge in [0.1, 0.15) is 5.82 Å². The number of rotatable bonds is 5. The molecule has 0 saturated heterocycles. The Labute approximate surface area is 98.3 Å². The smallest absolute Gasteiger partial charge is 0.129 e. The van der Waals surface area contributed by atoms with E-state index in [0.717, 1.165) is 23.7 Å². The zero-order valence-electron chi connectivity index (χ0n) is 8.55. The molecule has 0 bridgehead atoms. The minimum absolute atomic E-state index is 0.224. The molecular formula is C12H15BrFN. The van der Waals surface area contributed by atoms with Gasteiger partial charge in [0, 0.05) is 16.1 Å². The molecule has 0 spiro atoms. The minimum atomic E-state index is -0.240. The van der Waals surface area contributed by atoms with Crippen LogP contribution in [0.3, 0.4) is 0 Å². The topological polar surface area (TPSA) is 26.0 Å². The van der Waals surface area contributed by atoms with Gasteiger partial charge in [0.15, 0.2) is 0 Å². The van der Waals surface area contributed by atoms with Crippen molar-refractivity contribution in [1.82, 2.24) is 0 Å². The van der Waals surface area contributed by atoms with E-state index in [1.165, 1.54) is 6.07 Å². The number of benzene rings is 1. The Morgan fingerprint density at radius 3 is 2.87 bits per heavy atom. The summed E-state index contributed by atoms with van der Waals surface area (Å²) in [5, 5.41) is 0. The molecule has 0 aliphatic carbocycles. The Bertz CT molecular complexity index is 338. The molecule has 15 heavy (non-hydrogen) atoms. The maximum atomic E-state index is 13.5. The normalized spacial score (nSPS) is 12.5. The van der Waals surface area contributed by atoms with Gasteiger partial charge in [-0.25, -0.2) is 4.39 Å². The molecule has 1 rings (SSSR count). The van der Waals surface area contributed by atoms with Crippen LogP contribution in [-0.4, -0.2) is 0 Å². The fourth-order valence-corrected chi connectivity index (χ4v) is 1.77. The molecule has 0 radical (unpaired) electrons. The lowest BCUT2D eigenvalue weighted by molar-refractivity contribution is 0.552. The zero-order chi connectivity index (χ0) is 11.3. The van der Waals surface area contributed by atoms with E-state index in [1.54, 1.807) is 6.07 Å². The summed E-state index contributed by atoms with van der Waals surface area (Å²) in [5.74, 6) is -0.240. The van der Waals surface area contributed by atoms with Crippen molar-refractivity contribution >= 4 is 15.9 Å². The van der Waals surface area contributed by atoms with Crippen LogP contribution in [0.15, 0.2) is 35.3 Å². The highest BCUT2D eigenvalue weighted by molar-refractivity contribution is 9.10. The molecule has 1 aromatic rings. The number of halogens is 2. The summed E-state index contributed by atoms with van der Waals surface area (Å²) in [6.45, 7) is 3.64. The molecule has 0 aliphatic heterocycles. The lowest BCUT2D eigenvalue weighted by atomic mass is 10.0. The van der Waals surface area contributed by atoms with E-state index in [4.69, 9.17) is 5.73 Å². The summed E-state index contributed by atoms with van der Waals surface area (Å²) in [6, 6.07) is 4.77. The SMILES string of the molecule is C=CCCCC(N)c1ccc(Br)cc1F. The molecule has 0 aromatic heterocycles. The molecule has 0 saturated carbocycles. The Hall–Kier alpha value is -0.670. The first-order valence-corrected chi connectivity index (χ1v) is 5.76. The highest BCUT2D eigenvalue weighted by atomic mass is 79.9. The molecule has 2 N–H and O–H groups in total. The summed E-state index contributed by atoms with van der Waals surface area (Å²) < 4.78 is 14.2. The Morgan fingerprint density at radius 1 is 1.53 bits per heavy atom. The largest absolute Gasteiger partial charge is 0.324 e. The van der Waals surface area contributed by atoms with Gasteiger partial charge in [0.25, 0.3) is 0 Å². The summed E-state index contributed by atoms with van der Waals surface area (Å²) in [5.41, 5.74) is 6.48. The second-order valence-electron chi connectivity index (χ2n) is 3.49. The first-order chi connectivity index (χ1) is 7.15. The highest BCUT2D eigenvalue weighted by Gasteiger charge is 2.10. The van der Waals surface area contributed by atoms with E-state index < -0.39 is 0 Å². The van der Waals surface area contributed by atoms with Crippen LogP contribution in [0.1, 0.15) is 30.9 Å². The van der Waals surface area contributed by atoms with Gasteiger partial charge in [-0.3, -0.25) is 0 Å². The summed E-state index contributed by atoms with van der Waals surface area (Å²) >= 11 is 3.22. The average molecular weight is 272 g/mol. The van der Waals surface area contributed by atoms with Gasteiger partial charge in [0.05, 0.1) is 0 Å². The molecule has 0 heterocycles. The first-order valence-electron chi connectivity index (χ1n) is 4.96. The molecule has 82 valence electrons. The number of unbranched alkanes of at least 4 members (excludes halogenated alkanes) is 1. The molecular weight excluding hydrogens is 257 g/mol. The van der Waals surface area contributed by atoms with E-state index >= 15 is 0 Å². The van der Waals surface area contributed by atoms with Gasteiger partial charge in [0.2, 0.25) is 0 Å². The first kappa shape index (κ1) is 12.4. The third kappa shape index (κ3) is 3.76. The monoisotopic (exact) mass is 271 g/mol. The number of nitrogens with two attached hydrogens (primary N) is 1. The Balaban J connectivity index is 2.64. The van der Waals surface area contributed by atoms with Gasteiger partial charge in [-0.05, 0) is 31.4 Å². The molecule has 3 heteroatoms. The Kier molecular flexibility index (Phi) is 4.99. The fourth-order valence-electron chi connectivity index (χ4n) is 1.44. The summed E-state index contributed by atoms with van der Waals surface area (Å²) in [6.07, 6.45) is 4.50. The van der Waals surface area contributed by atoms with Crippen LogP contribution in [0.4, 0.5) is 4.39 Å². The highest BCUT2D eigenvalue weighted by Crippen LogP contribution is 2.22. The maximum absolute atomic E-state index is 13.5. The van der Waals surface area contributed by atoms with E-state index in [9.17, 15) is 4.39 Å². The van der Waals surface area contributed by atoms with Gasteiger partial charge >= 0.3 is 0 Å². The predicted octanol–water partition coefficient (Wildman–Crippen LogP) is 3.94. The van der Waals surface area contributed by atoms with Crippen molar-refractivity contribution in [2.24, 2.45) is 5.73 Å². The van der Waals surface area contributed by atoms with Crippen molar-refractivity contribution < 1.29 is 4.39 Å². The second-order valence-corrected chi connectivity index (χ2v) is 4.41. The van der Waals surface area contributed by atoms with Crippen molar-refractivity contribution in [2.45, 2.75) is 25.3 Å². The van der Waals surface area contributed by atoms with Gasteiger partial charge in [-0.1, -0.05) is 28.1 Å². The van der Waals surface area contributed by atoms with Crippen LogP contribution in [0.5, 0.6) is 0 Å². The minimum Gasteiger partial charge on any atom is -0.324 e. The van der Waals surface area contributed by atoms with Crippen LogP contribution < -0.4 is 5.73 Å². The van der Waals surface area contributed by atoms with Crippen molar-refractivity contribution in [2.75, 3.05) is 0 Å². The molecule has 1 unspecified atom stereocenters. The molecule has 0 amide bonds. The van der Waals surface area contributed by atoms with Crippen LogP contribution in [0, 0.1) is 5.82 Å². The van der Waals surface area contributed by atoms with Crippen molar-refractivity contribution in [3.05, 3.63) is 46.7 Å². The Morgan fingerprint density at radius 2 is 2.27 bits per heavy atom. The third-order valence-electron chi connectivity index (χ3n) is 2.29. The summed E-state index contributed by atoms with van der Waals surface area (Å²) in [7, 11) is 0. The molecule has 0 fully saturated rings. The molecule has 1 nitrogen and oxygen atoms in total. The van der Waals surface area contributed by atoms with Gasteiger partial charge in [-0.2, -0.15) is 0 Å². The van der Waals surface area contributed by atoms with E-state index in [2.05, 4.69) is 22.5 Å². The van der Waals surface area contributed by atoms with Gasteiger partial charge in [-0.15, -0.1) is 6.58 Å². The van der Waals surface area contributed by atoms with Crippen LogP contribution in [0.25, 0.3) is 0 Å². The lowest BCUT2D eigenvalue weighted by Crippen LogP contribution is -2.11. The zero-order valence-corrected chi connectivity index (χ0v) is 10.1. The summed E-state index contributed by atoms with van der Waals surface area (Å²) in [4.78, 5) is 0. The lowest BCUT2D eigenvalue weighted by Gasteiger charge is -2.12. The molecule has 1 atom stereocenters. The van der Waals surface area contributed by atoms with Crippen molar-refractivity contribution in [3.63, 3.8) is 0 Å². The fraction of sp³-hybridized carbons (Fsp3) is 0.333. The van der Waals surface area contributed by atoms with Crippen LogP contribution in [0.2, 0.25) is 0 Å². The van der Waals surface area contributed by atoms with E-state index in [1.807, 2.05) is 12.1 Å². The van der Waals surface area contributed by atoms with E-state index in [-0.39, 0.29) is 11.9 Å². The van der Waals surface area contributed by atoms with Crippen molar-refractivity contribution in [1.29, 1.82) is 0 Å². The number of hydrogen-bond acceptors (Lipinski definition) is 1. The van der Waals surface area contributed by atoms with E-state index in [0.29, 0.717) is 5.56 Å². The van der Waals surface area contributed by atoms with Crippen LogP contribution in [-0.2, 0) is 0 Å². The average Bonchev–Trinajstić information content (AvgIpc) is 2.17. The second kappa shape index (κ2) is 6.03. The molecule has 0 aliphatic rings. The molecule has 1 aromatic carbocycles. The standard InChI is InChI=1S/C12H15BrFN/c1-2-3-4-5-12(15)10-7-6-9(13)8-11(10)14/h2,6-8,12H,1,3-5,15H2. The number of allylic oxidation sites excluding steroid dienone is 1. The predicted molar refractivity (Wildman–Crippen MR) is 65.1 cm³/mol.